The minimum Gasteiger partial charge on any atom is -0.298 e. The van der Waals surface area contributed by atoms with Gasteiger partial charge in [0.25, 0.3) is 0 Å². The lowest BCUT2D eigenvalue weighted by atomic mass is 9.97. The molecule has 0 N–H and O–H groups in total. The summed E-state index contributed by atoms with van der Waals surface area (Å²) >= 11 is 5.82. The maximum atomic E-state index is 5.82. The zero-order valence-corrected chi connectivity index (χ0v) is 9.84. The van der Waals surface area contributed by atoms with Crippen molar-refractivity contribution < 1.29 is 0 Å². The Morgan fingerprint density at radius 2 is 2.14 bits per heavy atom. The lowest BCUT2D eigenvalue weighted by Crippen LogP contribution is -2.58. The van der Waals surface area contributed by atoms with Gasteiger partial charge in [0.2, 0.25) is 0 Å². The van der Waals surface area contributed by atoms with E-state index in [0.717, 1.165) is 18.5 Å². The van der Waals surface area contributed by atoms with E-state index in [4.69, 9.17) is 11.6 Å². The van der Waals surface area contributed by atoms with Crippen molar-refractivity contribution in [1.82, 2.24) is 9.80 Å². The summed E-state index contributed by atoms with van der Waals surface area (Å²) in [4.78, 5) is 5.23. The first-order chi connectivity index (χ1) is 6.81. The third-order valence-electron chi connectivity index (χ3n) is 3.69. The summed E-state index contributed by atoms with van der Waals surface area (Å²) < 4.78 is 0. The maximum Gasteiger partial charge on any atom is 0.0351 e. The standard InChI is InChI=1S/C11H21ClN2/c1-10-8-14-6-3-2-4-11(14)9-13(10)7-5-12/h10-11H,2-9H2,1H3. The van der Waals surface area contributed by atoms with Crippen molar-refractivity contribution in [2.75, 3.05) is 32.1 Å². The first-order valence-corrected chi connectivity index (χ1v) is 6.39. The zero-order valence-electron chi connectivity index (χ0n) is 9.08. The van der Waals surface area contributed by atoms with E-state index in [1.165, 1.54) is 38.9 Å². The third-order valence-corrected chi connectivity index (χ3v) is 3.86. The van der Waals surface area contributed by atoms with Gasteiger partial charge in [-0.15, -0.1) is 11.6 Å². The fraction of sp³-hybridized carbons (Fsp3) is 1.00. The van der Waals surface area contributed by atoms with Crippen molar-refractivity contribution in [1.29, 1.82) is 0 Å². The van der Waals surface area contributed by atoms with Gasteiger partial charge in [0.05, 0.1) is 0 Å². The number of rotatable bonds is 2. The van der Waals surface area contributed by atoms with Crippen LogP contribution in [-0.4, -0.2) is 53.9 Å². The van der Waals surface area contributed by atoms with E-state index in [1.807, 2.05) is 0 Å². The Morgan fingerprint density at radius 1 is 1.29 bits per heavy atom. The third kappa shape index (κ3) is 2.23. The molecule has 2 atom stereocenters. The largest absolute Gasteiger partial charge is 0.298 e. The van der Waals surface area contributed by atoms with Crippen LogP contribution in [0.3, 0.4) is 0 Å². The molecule has 0 amide bonds. The summed E-state index contributed by atoms with van der Waals surface area (Å²) in [6.45, 7) is 7.21. The first-order valence-electron chi connectivity index (χ1n) is 5.85. The number of alkyl halides is 1. The number of halogens is 1. The number of piperidine rings is 1. The molecule has 3 heteroatoms. The van der Waals surface area contributed by atoms with Gasteiger partial charge >= 0.3 is 0 Å². The van der Waals surface area contributed by atoms with Crippen LogP contribution in [0.1, 0.15) is 26.2 Å². The minimum atomic E-state index is 0.697. The Labute approximate surface area is 92.2 Å². The van der Waals surface area contributed by atoms with E-state index >= 15 is 0 Å². The topological polar surface area (TPSA) is 6.48 Å². The molecule has 2 aliphatic rings. The SMILES string of the molecule is CC1CN2CCCCC2CN1CCCl. The highest BCUT2D eigenvalue weighted by atomic mass is 35.5. The van der Waals surface area contributed by atoms with E-state index in [9.17, 15) is 0 Å². The fourth-order valence-corrected chi connectivity index (χ4v) is 3.05. The minimum absolute atomic E-state index is 0.697. The van der Waals surface area contributed by atoms with E-state index in [1.54, 1.807) is 0 Å². The lowest BCUT2D eigenvalue weighted by molar-refractivity contribution is 0.0187. The van der Waals surface area contributed by atoms with E-state index in [0.29, 0.717) is 6.04 Å². The van der Waals surface area contributed by atoms with Crippen molar-refractivity contribution in [3.8, 4) is 0 Å². The van der Waals surface area contributed by atoms with Gasteiger partial charge in [0.15, 0.2) is 0 Å². The van der Waals surface area contributed by atoms with Gasteiger partial charge in [-0.05, 0) is 26.3 Å². The highest BCUT2D eigenvalue weighted by molar-refractivity contribution is 6.18. The van der Waals surface area contributed by atoms with Crippen LogP contribution >= 0.6 is 11.6 Å². The van der Waals surface area contributed by atoms with E-state index < -0.39 is 0 Å². The summed E-state index contributed by atoms with van der Waals surface area (Å²) in [6, 6.07) is 1.52. The smallest absolute Gasteiger partial charge is 0.0351 e. The summed E-state index contributed by atoms with van der Waals surface area (Å²) in [6.07, 6.45) is 4.22. The first kappa shape index (κ1) is 10.7. The second-order valence-electron chi connectivity index (χ2n) is 4.68. The van der Waals surface area contributed by atoms with Gasteiger partial charge in [-0.3, -0.25) is 9.80 Å². The molecular formula is C11H21ClN2. The molecule has 0 spiro atoms. The maximum absolute atomic E-state index is 5.82. The highest BCUT2D eigenvalue weighted by Gasteiger charge is 2.32. The molecule has 82 valence electrons. The molecule has 0 saturated carbocycles. The molecule has 0 bridgehead atoms. The van der Waals surface area contributed by atoms with Crippen LogP contribution < -0.4 is 0 Å². The number of hydrogen-bond acceptors (Lipinski definition) is 2. The molecule has 0 radical (unpaired) electrons. The van der Waals surface area contributed by atoms with Crippen LogP contribution in [0.2, 0.25) is 0 Å². The molecule has 0 aromatic carbocycles. The molecule has 2 unspecified atom stereocenters. The predicted molar refractivity (Wildman–Crippen MR) is 61.0 cm³/mol. The predicted octanol–water partition coefficient (Wildman–Crippen LogP) is 1.78. The Hall–Kier alpha value is 0.210. The molecule has 2 nitrogen and oxygen atoms in total. The molecule has 0 aromatic heterocycles. The monoisotopic (exact) mass is 216 g/mol. The summed E-state index contributed by atoms with van der Waals surface area (Å²) in [5.41, 5.74) is 0. The van der Waals surface area contributed by atoms with Gasteiger partial charge in [0, 0.05) is 37.6 Å². The van der Waals surface area contributed by atoms with Crippen LogP contribution in [0.25, 0.3) is 0 Å². The van der Waals surface area contributed by atoms with Crippen molar-refractivity contribution in [3.63, 3.8) is 0 Å². The lowest BCUT2D eigenvalue weighted by Gasteiger charge is -2.47. The second-order valence-corrected chi connectivity index (χ2v) is 5.06. The fourth-order valence-electron chi connectivity index (χ4n) is 2.83. The summed E-state index contributed by atoms with van der Waals surface area (Å²) in [7, 11) is 0. The van der Waals surface area contributed by atoms with Gasteiger partial charge in [-0.2, -0.15) is 0 Å². The quantitative estimate of drug-likeness (QED) is 0.650. The van der Waals surface area contributed by atoms with E-state index in [2.05, 4.69) is 16.7 Å². The summed E-state index contributed by atoms with van der Waals surface area (Å²) in [5.74, 6) is 0.775. The van der Waals surface area contributed by atoms with Crippen LogP contribution in [0.4, 0.5) is 0 Å². The molecule has 2 saturated heterocycles. The van der Waals surface area contributed by atoms with Gasteiger partial charge < -0.3 is 0 Å². The number of fused-ring (bicyclic) bond motifs is 1. The van der Waals surface area contributed by atoms with Crippen molar-refractivity contribution in [2.45, 2.75) is 38.3 Å². The summed E-state index contributed by atoms with van der Waals surface area (Å²) in [5, 5.41) is 0. The van der Waals surface area contributed by atoms with Crippen LogP contribution in [0.5, 0.6) is 0 Å². The van der Waals surface area contributed by atoms with Gasteiger partial charge in [-0.25, -0.2) is 0 Å². The zero-order chi connectivity index (χ0) is 9.97. The van der Waals surface area contributed by atoms with Crippen LogP contribution in [-0.2, 0) is 0 Å². The molecular weight excluding hydrogens is 196 g/mol. The Morgan fingerprint density at radius 3 is 2.93 bits per heavy atom. The number of hydrogen-bond donors (Lipinski definition) is 0. The Balaban J connectivity index is 1.92. The normalized spacial score (nSPS) is 35.6. The number of nitrogens with zero attached hydrogens (tertiary/aromatic N) is 2. The molecule has 14 heavy (non-hydrogen) atoms. The van der Waals surface area contributed by atoms with Crippen molar-refractivity contribution in [2.24, 2.45) is 0 Å². The highest BCUT2D eigenvalue weighted by Crippen LogP contribution is 2.23. The average molecular weight is 217 g/mol. The van der Waals surface area contributed by atoms with E-state index in [-0.39, 0.29) is 0 Å². The second kappa shape index (κ2) is 4.82. The van der Waals surface area contributed by atoms with Gasteiger partial charge in [0.1, 0.15) is 0 Å². The molecule has 0 aromatic rings. The molecule has 0 aliphatic carbocycles. The molecule has 2 rings (SSSR count). The Kier molecular flexibility index (Phi) is 3.69. The van der Waals surface area contributed by atoms with Crippen molar-refractivity contribution in [3.05, 3.63) is 0 Å². The molecule has 2 fully saturated rings. The van der Waals surface area contributed by atoms with Crippen molar-refractivity contribution >= 4 is 11.6 Å². The molecule has 2 heterocycles. The molecule has 2 aliphatic heterocycles. The number of piperazine rings is 1. The average Bonchev–Trinajstić information content (AvgIpc) is 2.19. The van der Waals surface area contributed by atoms with Crippen LogP contribution in [0, 0.1) is 0 Å². The Bertz CT molecular complexity index is 184. The van der Waals surface area contributed by atoms with Gasteiger partial charge in [-0.1, -0.05) is 6.42 Å². The van der Waals surface area contributed by atoms with Crippen LogP contribution in [0.15, 0.2) is 0 Å².